The molecule has 4 heterocycles. The van der Waals surface area contributed by atoms with Gasteiger partial charge < -0.3 is 34.0 Å². The highest BCUT2D eigenvalue weighted by molar-refractivity contribution is 6.59. The van der Waals surface area contributed by atoms with Crippen molar-refractivity contribution in [2.75, 3.05) is 0 Å². The van der Waals surface area contributed by atoms with Crippen molar-refractivity contribution in [2.45, 2.75) is 105 Å². The lowest BCUT2D eigenvalue weighted by molar-refractivity contribution is 0.102. The zero-order chi connectivity index (χ0) is 33.1. The van der Waals surface area contributed by atoms with Crippen LogP contribution in [-0.4, -0.2) is 74.5 Å². The minimum Gasteiger partial charge on any atom is -0.472 e. The highest BCUT2D eigenvalue weighted by Gasteiger charge is 2.26. The maximum absolute atomic E-state index is 9.28. The smallest absolute Gasteiger partial charge is 0.472 e. The van der Waals surface area contributed by atoms with E-state index in [4.69, 9.17) is 18.9 Å². The summed E-state index contributed by atoms with van der Waals surface area (Å²) >= 11 is 0. The maximum Gasteiger partial charge on any atom is 0.495 e. The Balaban J connectivity index is 0.000000251. The molecular formula is C30H44BN7O6. The lowest BCUT2D eigenvalue weighted by atomic mass is 9.82. The maximum atomic E-state index is 9.28. The first-order valence-corrected chi connectivity index (χ1v) is 14.2. The predicted octanol–water partition coefficient (Wildman–Crippen LogP) is 4.28. The molecule has 0 saturated heterocycles. The summed E-state index contributed by atoms with van der Waals surface area (Å²) in [6.45, 7) is 22.9. The van der Waals surface area contributed by atoms with Crippen molar-refractivity contribution < 1.29 is 29.0 Å². The minimum atomic E-state index is -1.69. The molecule has 0 radical (unpaired) electrons. The Morgan fingerprint density at radius 3 is 1.66 bits per heavy atom. The van der Waals surface area contributed by atoms with Gasteiger partial charge in [-0.15, -0.1) is 0 Å². The standard InChI is InChI=1S/C18H23N5O2.C12H21BN2O4/c1-17(2,3)24-15-12(9-20-16(23-15)25-18(4,5)6)13-11-7-8-19-14(11)22-10-21-13;1-11(2,3)18-9-8(13(16)17)7-14-10(15-9)19-12(4,5)6/h7-10H,1-6H3,(H,19,21,22);7,16-17H,1-6H3. The quantitative estimate of drug-likeness (QED) is 0.266. The van der Waals surface area contributed by atoms with Crippen molar-refractivity contribution in [2.24, 2.45) is 0 Å². The summed E-state index contributed by atoms with van der Waals surface area (Å²) in [5, 5.41) is 19.4. The third-order valence-electron chi connectivity index (χ3n) is 4.98. The molecule has 0 amide bonds. The second-order valence-electron chi connectivity index (χ2n) is 14.0. The summed E-state index contributed by atoms with van der Waals surface area (Å²) in [5.41, 5.74) is 0.486. The molecule has 14 heteroatoms. The summed E-state index contributed by atoms with van der Waals surface area (Å²) < 4.78 is 23.0. The third kappa shape index (κ3) is 10.6. The van der Waals surface area contributed by atoms with E-state index in [-0.39, 0.29) is 23.4 Å². The molecule has 0 bridgehead atoms. The molecule has 3 N–H and O–H groups in total. The Morgan fingerprint density at radius 1 is 0.636 bits per heavy atom. The zero-order valence-electron chi connectivity index (χ0n) is 27.7. The average Bonchev–Trinajstić information content (AvgIpc) is 3.30. The first-order valence-electron chi connectivity index (χ1n) is 14.2. The van der Waals surface area contributed by atoms with E-state index in [2.05, 4.69) is 34.9 Å². The SMILES string of the molecule is CC(C)(C)Oc1ncc(-c2ncnc3[nH]ccc23)c(OC(C)(C)C)n1.CC(C)(C)Oc1ncc(B(O)O)c(OC(C)(C)C)n1. The number of aromatic nitrogens is 7. The fourth-order valence-corrected chi connectivity index (χ4v) is 3.52. The highest BCUT2D eigenvalue weighted by atomic mass is 16.5. The summed E-state index contributed by atoms with van der Waals surface area (Å²) in [6, 6.07) is 2.33. The van der Waals surface area contributed by atoms with Crippen molar-refractivity contribution >= 4 is 23.6 Å². The van der Waals surface area contributed by atoms with Crippen LogP contribution < -0.4 is 24.4 Å². The van der Waals surface area contributed by atoms with Crippen LogP contribution in [0.15, 0.2) is 31.0 Å². The van der Waals surface area contributed by atoms with Gasteiger partial charge in [-0.05, 0) is 89.2 Å². The number of rotatable bonds is 6. The van der Waals surface area contributed by atoms with Gasteiger partial charge in [0.2, 0.25) is 11.8 Å². The van der Waals surface area contributed by atoms with Crippen molar-refractivity contribution in [1.29, 1.82) is 0 Å². The average molecular weight is 610 g/mol. The normalized spacial score (nSPS) is 12.3. The Kier molecular flexibility index (Phi) is 10.1. The van der Waals surface area contributed by atoms with Gasteiger partial charge in [0.15, 0.2) is 0 Å². The van der Waals surface area contributed by atoms with Gasteiger partial charge in [-0.25, -0.2) is 19.9 Å². The molecule has 0 aliphatic heterocycles. The van der Waals surface area contributed by atoms with Gasteiger partial charge in [0, 0.05) is 24.0 Å². The fourth-order valence-electron chi connectivity index (χ4n) is 3.52. The number of H-pyrrole nitrogens is 1. The molecule has 0 fully saturated rings. The van der Waals surface area contributed by atoms with Gasteiger partial charge in [-0.1, -0.05) is 0 Å². The molecule has 0 spiro atoms. The number of fused-ring (bicyclic) bond motifs is 1. The molecule has 4 aromatic heterocycles. The van der Waals surface area contributed by atoms with E-state index in [9.17, 15) is 10.0 Å². The largest absolute Gasteiger partial charge is 0.495 e. The van der Waals surface area contributed by atoms with Gasteiger partial charge in [0.1, 0.15) is 34.4 Å². The Hall–Kier alpha value is -4.04. The van der Waals surface area contributed by atoms with Crippen LogP contribution in [0.5, 0.6) is 23.8 Å². The van der Waals surface area contributed by atoms with E-state index in [1.807, 2.05) is 95.3 Å². The van der Waals surface area contributed by atoms with E-state index < -0.39 is 29.5 Å². The summed E-state index contributed by atoms with van der Waals surface area (Å²) in [6.07, 6.45) is 6.31. The zero-order valence-corrected chi connectivity index (χ0v) is 27.7. The van der Waals surface area contributed by atoms with Crippen LogP contribution in [0, 0.1) is 0 Å². The molecule has 44 heavy (non-hydrogen) atoms. The number of aromatic amines is 1. The van der Waals surface area contributed by atoms with Crippen LogP contribution in [0.2, 0.25) is 0 Å². The predicted molar refractivity (Wildman–Crippen MR) is 168 cm³/mol. The highest BCUT2D eigenvalue weighted by Crippen LogP contribution is 2.34. The van der Waals surface area contributed by atoms with Crippen LogP contribution in [0.3, 0.4) is 0 Å². The summed E-state index contributed by atoms with van der Waals surface area (Å²) in [7, 11) is -1.69. The van der Waals surface area contributed by atoms with E-state index >= 15 is 0 Å². The second kappa shape index (κ2) is 12.9. The number of nitrogens with zero attached hydrogens (tertiary/aromatic N) is 6. The summed E-state index contributed by atoms with van der Waals surface area (Å²) in [4.78, 5) is 28.6. The van der Waals surface area contributed by atoms with Crippen LogP contribution in [0.1, 0.15) is 83.1 Å². The molecule has 0 atom stereocenters. The Morgan fingerprint density at radius 2 is 1.14 bits per heavy atom. The number of hydrogen-bond donors (Lipinski definition) is 3. The monoisotopic (exact) mass is 609 g/mol. The Bertz CT molecular complexity index is 1550. The topological polar surface area (TPSA) is 171 Å². The lowest BCUT2D eigenvalue weighted by Gasteiger charge is -2.24. The van der Waals surface area contributed by atoms with Gasteiger partial charge in [-0.3, -0.25) is 0 Å². The molecule has 4 aromatic rings. The van der Waals surface area contributed by atoms with Crippen LogP contribution >= 0.6 is 0 Å². The number of hydrogen-bond acceptors (Lipinski definition) is 12. The molecule has 0 aliphatic rings. The molecular weight excluding hydrogens is 565 g/mol. The second-order valence-corrected chi connectivity index (χ2v) is 14.0. The Labute approximate surface area is 259 Å². The lowest BCUT2D eigenvalue weighted by Crippen LogP contribution is -2.36. The van der Waals surface area contributed by atoms with E-state index in [0.717, 1.165) is 11.0 Å². The minimum absolute atomic E-state index is 0.108. The van der Waals surface area contributed by atoms with Crippen LogP contribution in [-0.2, 0) is 0 Å². The van der Waals surface area contributed by atoms with Gasteiger partial charge in [0.25, 0.3) is 0 Å². The van der Waals surface area contributed by atoms with Gasteiger partial charge in [0.05, 0.1) is 16.7 Å². The fraction of sp³-hybridized carbons (Fsp3) is 0.533. The van der Waals surface area contributed by atoms with Crippen molar-refractivity contribution in [3.63, 3.8) is 0 Å². The van der Waals surface area contributed by atoms with E-state index in [1.54, 1.807) is 6.20 Å². The molecule has 0 aliphatic carbocycles. The molecule has 0 unspecified atom stereocenters. The third-order valence-corrected chi connectivity index (χ3v) is 4.98. The number of ether oxygens (including phenoxy) is 4. The first kappa shape index (κ1) is 34.5. The first-order chi connectivity index (χ1) is 20.1. The number of nitrogens with one attached hydrogen (secondary N) is 1. The summed E-state index contributed by atoms with van der Waals surface area (Å²) in [5.74, 6) is 0.541. The van der Waals surface area contributed by atoms with Crippen molar-refractivity contribution in [3.8, 4) is 35.0 Å². The van der Waals surface area contributed by atoms with E-state index in [0.29, 0.717) is 17.1 Å². The van der Waals surface area contributed by atoms with Gasteiger partial charge >= 0.3 is 19.1 Å². The van der Waals surface area contributed by atoms with Crippen molar-refractivity contribution in [3.05, 3.63) is 31.0 Å². The molecule has 238 valence electrons. The molecule has 4 rings (SSSR count). The molecule has 0 aromatic carbocycles. The van der Waals surface area contributed by atoms with Crippen LogP contribution in [0.25, 0.3) is 22.3 Å². The molecule has 13 nitrogen and oxygen atoms in total. The van der Waals surface area contributed by atoms with Gasteiger partial charge in [-0.2, -0.15) is 9.97 Å². The van der Waals surface area contributed by atoms with Crippen molar-refractivity contribution in [1.82, 2.24) is 34.9 Å². The molecule has 0 saturated carbocycles. The van der Waals surface area contributed by atoms with Crippen LogP contribution in [0.4, 0.5) is 0 Å². The van der Waals surface area contributed by atoms with E-state index in [1.165, 1.54) is 12.5 Å².